The number of anilines is 1. The fraction of sp³-hybridized carbons (Fsp3) is 0.130. The van der Waals surface area contributed by atoms with Crippen molar-refractivity contribution in [3.63, 3.8) is 0 Å². The molecule has 160 valence electrons. The van der Waals surface area contributed by atoms with Gasteiger partial charge in [0.25, 0.3) is 5.91 Å². The number of esters is 1. The van der Waals surface area contributed by atoms with Crippen molar-refractivity contribution in [3.8, 4) is 10.6 Å². The Morgan fingerprint density at radius 3 is 2.25 bits per heavy atom. The highest BCUT2D eigenvalue weighted by Gasteiger charge is 2.26. The van der Waals surface area contributed by atoms with Gasteiger partial charge in [0.2, 0.25) is 0 Å². The zero-order chi connectivity index (χ0) is 22.2. The van der Waals surface area contributed by atoms with E-state index in [1.807, 2.05) is 55.5 Å². The summed E-state index contributed by atoms with van der Waals surface area (Å²) < 4.78 is 7.21. The summed E-state index contributed by atoms with van der Waals surface area (Å²) in [6.07, 6.45) is 0. The number of para-hydroxylation sites is 2. The molecule has 3 heterocycles. The first-order valence-corrected chi connectivity index (χ1v) is 12.3. The molecule has 1 N–H and O–H groups in total. The number of fused-ring (bicyclic) bond motifs is 2. The minimum absolute atomic E-state index is 0.278. The standard InChI is InChI=1S/C23H17N3O3S3/c1-3-29-23(28)18-12(2)17(20-24-13-8-4-6-10-15(13)30-20)21(32-18)26-19(27)22-25-14-9-5-7-11-16(14)31-22/h4-11H,3H2,1-2H3,(H,26,27). The Morgan fingerprint density at radius 1 is 0.938 bits per heavy atom. The molecule has 0 unspecified atom stereocenters. The van der Waals surface area contributed by atoms with E-state index in [0.29, 0.717) is 14.9 Å². The van der Waals surface area contributed by atoms with Crippen molar-refractivity contribution in [2.75, 3.05) is 11.9 Å². The molecule has 0 saturated carbocycles. The summed E-state index contributed by atoms with van der Waals surface area (Å²) in [6.45, 7) is 3.91. The van der Waals surface area contributed by atoms with Crippen LogP contribution in [0.4, 0.5) is 5.00 Å². The molecule has 5 rings (SSSR count). The van der Waals surface area contributed by atoms with Crippen molar-refractivity contribution in [2.45, 2.75) is 13.8 Å². The number of nitrogens with zero attached hydrogens (tertiary/aromatic N) is 2. The molecular weight excluding hydrogens is 462 g/mol. The molecule has 2 aromatic carbocycles. The van der Waals surface area contributed by atoms with E-state index in [2.05, 4.69) is 10.3 Å². The van der Waals surface area contributed by atoms with Gasteiger partial charge in [-0.1, -0.05) is 24.3 Å². The molecular formula is C23H17N3O3S3. The van der Waals surface area contributed by atoms with E-state index >= 15 is 0 Å². The Bertz CT molecular complexity index is 1420. The monoisotopic (exact) mass is 479 g/mol. The molecule has 1 amide bonds. The molecule has 32 heavy (non-hydrogen) atoms. The topological polar surface area (TPSA) is 81.2 Å². The van der Waals surface area contributed by atoms with E-state index in [1.54, 1.807) is 6.92 Å². The van der Waals surface area contributed by atoms with Crippen molar-refractivity contribution in [3.05, 3.63) is 64.0 Å². The van der Waals surface area contributed by atoms with Crippen LogP contribution in [-0.4, -0.2) is 28.5 Å². The highest BCUT2D eigenvalue weighted by molar-refractivity contribution is 7.23. The van der Waals surface area contributed by atoms with Crippen LogP contribution in [-0.2, 0) is 4.74 Å². The van der Waals surface area contributed by atoms with E-state index in [0.717, 1.165) is 36.6 Å². The number of hydrogen-bond donors (Lipinski definition) is 1. The third-order valence-electron chi connectivity index (χ3n) is 4.83. The van der Waals surface area contributed by atoms with Gasteiger partial charge in [0, 0.05) is 5.56 Å². The number of amides is 1. The molecule has 0 bridgehead atoms. The van der Waals surface area contributed by atoms with E-state index in [4.69, 9.17) is 9.72 Å². The number of aromatic nitrogens is 2. The molecule has 0 saturated heterocycles. The lowest BCUT2D eigenvalue weighted by molar-refractivity contribution is 0.0531. The molecule has 0 fully saturated rings. The second-order valence-corrected chi connectivity index (χ2v) is 9.99. The molecule has 6 nitrogen and oxygen atoms in total. The Balaban J connectivity index is 1.58. The van der Waals surface area contributed by atoms with Gasteiger partial charge in [-0.3, -0.25) is 4.79 Å². The fourth-order valence-electron chi connectivity index (χ4n) is 3.36. The lowest BCUT2D eigenvalue weighted by atomic mass is 10.1. The number of ether oxygens (including phenoxy) is 1. The molecule has 0 radical (unpaired) electrons. The molecule has 3 aromatic heterocycles. The summed E-state index contributed by atoms with van der Waals surface area (Å²) in [6, 6.07) is 15.5. The van der Waals surface area contributed by atoms with Crippen LogP contribution in [0.25, 0.3) is 31.0 Å². The summed E-state index contributed by atoms with van der Waals surface area (Å²) in [5.41, 5.74) is 3.14. The quantitative estimate of drug-likeness (QED) is 0.296. The Labute approximate surface area is 195 Å². The number of carbonyl (C=O) groups is 2. The van der Waals surface area contributed by atoms with Gasteiger partial charge in [-0.05, 0) is 43.7 Å². The Morgan fingerprint density at radius 2 is 1.59 bits per heavy atom. The van der Waals surface area contributed by atoms with Gasteiger partial charge in [0.1, 0.15) is 14.9 Å². The molecule has 9 heteroatoms. The fourth-order valence-corrected chi connectivity index (χ4v) is 6.45. The van der Waals surface area contributed by atoms with Gasteiger partial charge in [-0.15, -0.1) is 34.0 Å². The van der Waals surface area contributed by atoms with Crippen molar-refractivity contribution in [1.29, 1.82) is 0 Å². The predicted molar refractivity (Wildman–Crippen MR) is 131 cm³/mol. The zero-order valence-electron chi connectivity index (χ0n) is 17.2. The smallest absolute Gasteiger partial charge is 0.348 e. The molecule has 0 atom stereocenters. The van der Waals surface area contributed by atoms with Gasteiger partial charge in [0.15, 0.2) is 5.01 Å². The average Bonchev–Trinajstić information content (AvgIpc) is 3.48. The third-order valence-corrected chi connectivity index (χ3v) is 8.11. The first-order chi connectivity index (χ1) is 15.5. The van der Waals surface area contributed by atoms with Gasteiger partial charge in [0.05, 0.1) is 27.0 Å². The number of thiophene rings is 1. The van der Waals surface area contributed by atoms with Crippen molar-refractivity contribution >= 4 is 71.3 Å². The SMILES string of the molecule is CCOC(=O)c1sc(NC(=O)c2nc3ccccc3s2)c(-c2nc3ccccc3s2)c1C. The number of rotatable bonds is 5. The van der Waals surface area contributed by atoms with E-state index in [-0.39, 0.29) is 12.5 Å². The first-order valence-electron chi connectivity index (χ1n) is 9.88. The van der Waals surface area contributed by atoms with Crippen LogP contribution in [0, 0.1) is 6.92 Å². The zero-order valence-corrected chi connectivity index (χ0v) is 19.6. The summed E-state index contributed by atoms with van der Waals surface area (Å²) >= 11 is 4.06. The maximum Gasteiger partial charge on any atom is 0.348 e. The molecule has 0 aliphatic heterocycles. The molecule has 0 aliphatic carbocycles. The van der Waals surface area contributed by atoms with E-state index < -0.39 is 5.97 Å². The van der Waals surface area contributed by atoms with Gasteiger partial charge in [-0.25, -0.2) is 14.8 Å². The first kappa shape index (κ1) is 20.7. The number of benzene rings is 2. The van der Waals surface area contributed by atoms with Crippen molar-refractivity contribution in [1.82, 2.24) is 9.97 Å². The highest BCUT2D eigenvalue weighted by atomic mass is 32.1. The van der Waals surface area contributed by atoms with Crippen LogP contribution in [0.5, 0.6) is 0 Å². The number of nitrogens with one attached hydrogen (secondary N) is 1. The van der Waals surface area contributed by atoms with E-state index in [9.17, 15) is 9.59 Å². The van der Waals surface area contributed by atoms with Gasteiger partial charge >= 0.3 is 5.97 Å². The van der Waals surface area contributed by atoms with Crippen LogP contribution < -0.4 is 5.32 Å². The number of thiazole rings is 2. The van der Waals surface area contributed by atoms with Crippen LogP contribution >= 0.6 is 34.0 Å². The highest BCUT2D eigenvalue weighted by Crippen LogP contribution is 2.44. The second-order valence-electron chi connectivity index (χ2n) is 6.91. The maximum atomic E-state index is 13.1. The van der Waals surface area contributed by atoms with Crippen LogP contribution in [0.1, 0.15) is 32.0 Å². The average molecular weight is 480 g/mol. The number of hydrogen-bond acceptors (Lipinski definition) is 8. The maximum absolute atomic E-state index is 13.1. The summed E-state index contributed by atoms with van der Waals surface area (Å²) in [7, 11) is 0. The van der Waals surface area contributed by atoms with Crippen LogP contribution in [0.2, 0.25) is 0 Å². The van der Waals surface area contributed by atoms with Crippen molar-refractivity contribution in [2.24, 2.45) is 0 Å². The Hall–Kier alpha value is -3.14. The normalized spacial score (nSPS) is 11.2. The Kier molecular flexibility index (Phi) is 5.46. The minimum Gasteiger partial charge on any atom is -0.462 e. The number of carbonyl (C=O) groups excluding carboxylic acids is 2. The van der Waals surface area contributed by atoms with Gasteiger partial charge in [-0.2, -0.15) is 0 Å². The summed E-state index contributed by atoms with van der Waals surface area (Å²) in [5.74, 6) is -0.719. The van der Waals surface area contributed by atoms with E-state index in [1.165, 1.54) is 34.0 Å². The molecule has 0 aliphatic rings. The lowest BCUT2D eigenvalue weighted by Gasteiger charge is -2.03. The molecule has 5 aromatic rings. The summed E-state index contributed by atoms with van der Waals surface area (Å²) in [4.78, 5) is 35.3. The molecule has 0 spiro atoms. The lowest BCUT2D eigenvalue weighted by Crippen LogP contribution is -2.11. The second kappa shape index (κ2) is 8.42. The van der Waals surface area contributed by atoms with Gasteiger partial charge < -0.3 is 10.1 Å². The third kappa shape index (κ3) is 3.68. The van der Waals surface area contributed by atoms with Crippen molar-refractivity contribution < 1.29 is 14.3 Å². The predicted octanol–water partition coefficient (Wildman–Crippen LogP) is 6.37. The largest absolute Gasteiger partial charge is 0.462 e. The minimum atomic E-state index is -0.405. The summed E-state index contributed by atoms with van der Waals surface area (Å²) in [5, 5.41) is 4.65. The van der Waals surface area contributed by atoms with Crippen LogP contribution in [0.15, 0.2) is 48.5 Å². The van der Waals surface area contributed by atoms with Crippen LogP contribution in [0.3, 0.4) is 0 Å².